The molecule has 0 amide bonds. The van der Waals surface area contributed by atoms with Gasteiger partial charge in [0, 0.05) is 37.2 Å². The molecule has 0 aliphatic carbocycles. The largest absolute Gasteiger partial charge is 0.361 e. The summed E-state index contributed by atoms with van der Waals surface area (Å²) in [5.41, 5.74) is 3.80. The second kappa shape index (κ2) is 8.78. The van der Waals surface area contributed by atoms with Crippen LogP contribution in [0.2, 0.25) is 0 Å². The van der Waals surface area contributed by atoms with Crippen LogP contribution < -0.4 is 10.6 Å². The van der Waals surface area contributed by atoms with Gasteiger partial charge in [-0.05, 0) is 44.7 Å². The number of hydrogen-bond donors (Lipinski definition) is 3. The van der Waals surface area contributed by atoms with Crippen LogP contribution in [0.25, 0.3) is 10.9 Å². The summed E-state index contributed by atoms with van der Waals surface area (Å²) in [7, 11) is -1.45. The number of guanidine groups is 1. The van der Waals surface area contributed by atoms with E-state index in [0.717, 1.165) is 19.4 Å². The Hall–Kier alpha value is -2.02. The van der Waals surface area contributed by atoms with E-state index in [2.05, 4.69) is 51.9 Å². The maximum Gasteiger partial charge on any atom is 0.191 e. The van der Waals surface area contributed by atoms with E-state index in [1.807, 2.05) is 0 Å². The van der Waals surface area contributed by atoms with Crippen LogP contribution in [0.3, 0.4) is 0 Å². The molecule has 2 rings (SSSR count). The Kier molecular flexibility index (Phi) is 6.92. The highest BCUT2D eigenvalue weighted by Crippen LogP contribution is 2.22. The van der Waals surface area contributed by atoms with E-state index in [9.17, 15) is 8.42 Å². The van der Waals surface area contributed by atoms with Gasteiger partial charge in [0.1, 0.15) is 0 Å². The van der Waals surface area contributed by atoms with Crippen molar-refractivity contribution in [3.05, 3.63) is 35.5 Å². The molecule has 3 N–H and O–H groups in total. The fraction of sp³-hybridized carbons (Fsp3) is 0.550. The average molecular weight is 393 g/mol. The summed E-state index contributed by atoms with van der Waals surface area (Å²) in [5, 5.41) is 7.60. The quantitative estimate of drug-likeness (QED) is 0.499. The molecule has 0 aliphatic rings. The summed E-state index contributed by atoms with van der Waals surface area (Å²) in [6.07, 6.45) is 3.93. The number of hydrogen-bond acceptors (Lipinski definition) is 3. The number of aromatic nitrogens is 1. The number of rotatable bonds is 7. The van der Waals surface area contributed by atoms with E-state index < -0.39 is 14.6 Å². The van der Waals surface area contributed by atoms with Crippen LogP contribution >= 0.6 is 0 Å². The molecular formula is C20H32N4O2S. The van der Waals surface area contributed by atoms with Crippen LogP contribution in [0.15, 0.2) is 29.4 Å². The molecule has 0 radical (unpaired) electrons. The van der Waals surface area contributed by atoms with Crippen molar-refractivity contribution in [3.8, 4) is 0 Å². The smallest absolute Gasteiger partial charge is 0.191 e. The van der Waals surface area contributed by atoms with Crippen molar-refractivity contribution >= 4 is 26.7 Å². The summed E-state index contributed by atoms with van der Waals surface area (Å²) in [4.78, 5) is 7.55. The summed E-state index contributed by atoms with van der Waals surface area (Å²) in [6.45, 7) is 8.38. The number of para-hydroxylation sites is 1. The molecule has 0 atom stereocenters. The number of aliphatic imine (C=N–C) groups is 1. The molecule has 0 bridgehead atoms. The highest BCUT2D eigenvalue weighted by molar-refractivity contribution is 7.92. The topological polar surface area (TPSA) is 86.3 Å². The van der Waals surface area contributed by atoms with Gasteiger partial charge in [-0.25, -0.2) is 8.42 Å². The highest BCUT2D eigenvalue weighted by Gasteiger charge is 2.28. The second-order valence-electron chi connectivity index (χ2n) is 7.61. The first-order valence-corrected chi connectivity index (χ1v) is 11.1. The number of fused-ring (bicyclic) bond motifs is 1. The molecule has 1 aromatic carbocycles. The second-order valence-corrected chi connectivity index (χ2v) is 10.5. The molecule has 7 heteroatoms. The Balaban J connectivity index is 1.87. The third-order valence-electron chi connectivity index (χ3n) is 4.77. The summed E-state index contributed by atoms with van der Waals surface area (Å²) >= 11 is 0. The lowest BCUT2D eigenvalue weighted by molar-refractivity contribution is 0.559. The van der Waals surface area contributed by atoms with Gasteiger partial charge in [0.05, 0.1) is 10.5 Å². The van der Waals surface area contributed by atoms with E-state index in [1.54, 1.807) is 27.8 Å². The predicted octanol–water partition coefficient (Wildman–Crippen LogP) is 2.65. The zero-order valence-corrected chi connectivity index (χ0v) is 17.8. The first kappa shape index (κ1) is 21.3. The zero-order valence-electron chi connectivity index (χ0n) is 17.0. The van der Waals surface area contributed by atoms with Crippen LogP contribution in [0.1, 0.15) is 38.8 Å². The van der Waals surface area contributed by atoms with Crippen LogP contribution in [-0.4, -0.2) is 50.0 Å². The SMILES string of the molecule is CCc1cccc2c(CCNC(=NC)NCCS(=O)(=O)C(C)(C)C)c[nH]c12. The van der Waals surface area contributed by atoms with Crippen molar-refractivity contribution in [2.24, 2.45) is 4.99 Å². The van der Waals surface area contributed by atoms with Crippen LogP contribution in [0.4, 0.5) is 0 Å². The van der Waals surface area contributed by atoms with Gasteiger partial charge in [-0.3, -0.25) is 4.99 Å². The minimum absolute atomic E-state index is 0.0828. The van der Waals surface area contributed by atoms with Crippen molar-refractivity contribution in [2.75, 3.05) is 25.9 Å². The molecule has 0 fully saturated rings. The first-order chi connectivity index (χ1) is 12.7. The van der Waals surface area contributed by atoms with E-state index in [1.165, 1.54) is 22.0 Å². The van der Waals surface area contributed by atoms with Crippen LogP contribution in [-0.2, 0) is 22.7 Å². The maximum absolute atomic E-state index is 12.2. The minimum Gasteiger partial charge on any atom is -0.361 e. The van der Waals surface area contributed by atoms with Gasteiger partial charge >= 0.3 is 0 Å². The lowest BCUT2D eigenvalue weighted by Crippen LogP contribution is -2.42. The van der Waals surface area contributed by atoms with Gasteiger partial charge in [-0.15, -0.1) is 0 Å². The van der Waals surface area contributed by atoms with Crippen molar-refractivity contribution in [1.82, 2.24) is 15.6 Å². The molecule has 0 spiro atoms. The molecule has 150 valence electrons. The van der Waals surface area contributed by atoms with Crippen molar-refractivity contribution in [2.45, 2.75) is 45.3 Å². The van der Waals surface area contributed by atoms with Crippen molar-refractivity contribution < 1.29 is 8.42 Å². The van der Waals surface area contributed by atoms with Crippen LogP contribution in [0.5, 0.6) is 0 Å². The maximum atomic E-state index is 12.2. The third kappa shape index (κ3) is 5.25. The Bertz CT molecular complexity index is 892. The van der Waals surface area contributed by atoms with E-state index in [4.69, 9.17) is 0 Å². The molecular weight excluding hydrogens is 360 g/mol. The van der Waals surface area contributed by atoms with E-state index >= 15 is 0 Å². The molecule has 1 heterocycles. The van der Waals surface area contributed by atoms with Gasteiger partial charge < -0.3 is 15.6 Å². The average Bonchev–Trinajstić information content (AvgIpc) is 3.02. The van der Waals surface area contributed by atoms with Gasteiger partial charge in [0.15, 0.2) is 15.8 Å². The molecule has 6 nitrogen and oxygen atoms in total. The summed E-state index contributed by atoms with van der Waals surface area (Å²) in [6, 6.07) is 6.39. The normalized spacial score (nSPS) is 13.1. The van der Waals surface area contributed by atoms with Gasteiger partial charge in [0.25, 0.3) is 0 Å². The Morgan fingerprint density at radius 3 is 2.48 bits per heavy atom. The number of benzene rings is 1. The van der Waals surface area contributed by atoms with Crippen molar-refractivity contribution in [1.29, 1.82) is 0 Å². The van der Waals surface area contributed by atoms with Gasteiger partial charge in [0.2, 0.25) is 0 Å². The highest BCUT2D eigenvalue weighted by atomic mass is 32.2. The molecule has 0 unspecified atom stereocenters. The molecule has 0 aliphatic heterocycles. The van der Waals surface area contributed by atoms with E-state index in [0.29, 0.717) is 12.5 Å². The molecule has 2 aromatic rings. The number of nitrogens with zero attached hydrogens (tertiary/aromatic N) is 1. The Morgan fingerprint density at radius 2 is 1.85 bits per heavy atom. The number of aryl methyl sites for hydroxylation is 1. The monoisotopic (exact) mass is 392 g/mol. The Labute approximate surface area is 162 Å². The van der Waals surface area contributed by atoms with E-state index in [-0.39, 0.29) is 5.75 Å². The Morgan fingerprint density at radius 1 is 1.15 bits per heavy atom. The molecule has 0 saturated carbocycles. The number of H-pyrrole nitrogens is 1. The lowest BCUT2D eigenvalue weighted by Gasteiger charge is -2.19. The molecule has 1 aromatic heterocycles. The molecule has 27 heavy (non-hydrogen) atoms. The zero-order chi connectivity index (χ0) is 20.1. The summed E-state index contributed by atoms with van der Waals surface area (Å²) < 4.78 is 23.6. The minimum atomic E-state index is -3.14. The van der Waals surface area contributed by atoms with Crippen LogP contribution in [0, 0.1) is 0 Å². The number of nitrogens with one attached hydrogen (secondary N) is 3. The number of aromatic amines is 1. The number of sulfone groups is 1. The van der Waals surface area contributed by atoms with Gasteiger partial charge in [-0.1, -0.05) is 25.1 Å². The molecule has 0 saturated heterocycles. The fourth-order valence-corrected chi connectivity index (χ4v) is 3.91. The lowest BCUT2D eigenvalue weighted by atomic mass is 10.1. The van der Waals surface area contributed by atoms with Crippen molar-refractivity contribution in [3.63, 3.8) is 0 Å². The first-order valence-electron chi connectivity index (χ1n) is 9.44. The summed E-state index contributed by atoms with van der Waals surface area (Å²) in [5.74, 6) is 0.701. The predicted molar refractivity (Wildman–Crippen MR) is 114 cm³/mol. The third-order valence-corrected chi connectivity index (χ3v) is 7.38. The standard InChI is InChI=1S/C20H32N4O2S/c1-6-15-8-7-9-17-16(14-24-18(15)17)10-11-22-19(21-5)23-12-13-27(25,26)20(2,3)4/h7-9,14,24H,6,10-13H2,1-5H3,(H2,21,22,23). The fourth-order valence-electron chi connectivity index (χ4n) is 2.92. The van der Waals surface area contributed by atoms with Gasteiger partial charge in [-0.2, -0.15) is 0 Å².